The van der Waals surface area contributed by atoms with Crippen molar-refractivity contribution in [3.8, 4) is 0 Å². The number of ether oxygens (including phenoxy) is 1. The Morgan fingerprint density at radius 1 is 1.50 bits per heavy atom. The van der Waals surface area contributed by atoms with E-state index in [0.717, 1.165) is 36.2 Å². The first-order chi connectivity index (χ1) is 8.33. The summed E-state index contributed by atoms with van der Waals surface area (Å²) in [6, 6.07) is 5.83. The van der Waals surface area contributed by atoms with Crippen LogP contribution in [0.2, 0.25) is 0 Å². The van der Waals surface area contributed by atoms with Crippen LogP contribution in [0.15, 0.2) is 18.2 Å². The highest BCUT2D eigenvalue weighted by atomic mass is 35.5. The molecule has 2 rings (SSSR count). The zero-order chi connectivity index (χ0) is 12.1. The number of carbonyl (C=O) groups excluding carboxylic acids is 1. The second-order valence-corrected chi connectivity index (χ2v) is 4.11. The monoisotopic (exact) mass is 270 g/mol. The first-order valence-electron chi connectivity index (χ1n) is 5.96. The van der Waals surface area contributed by atoms with Crippen LogP contribution in [-0.4, -0.2) is 32.7 Å². The number of hydrogen-bond acceptors (Lipinski definition) is 3. The van der Waals surface area contributed by atoms with Gasteiger partial charge in [-0.1, -0.05) is 6.07 Å². The summed E-state index contributed by atoms with van der Waals surface area (Å²) in [6.45, 7) is 2.08. The van der Waals surface area contributed by atoms with Crippen LogP contribution in [0, 0.1) is 0 Å². The molecule has 0 atom stereocenters. The Morgan fingerprint density at radius 2 is 2.33 bits per heavy atom. The molecule has 0 spiro atoms. The summed E-state index contributed by atoms with van der Waals surface area (Å²) in [7, 11) is 1.63. The van der Waals surface area contributed by atoms with E-state index in [2.05, 4.69) is 10.6 Å². The zero-order valence-corrected chi connectivity index (χ0v) is 11.3. The van der Waals surface area contributed by atoms with Crippen LogP contribution in [0.5, 0.6) is 0 Å². The number of halogens is 1. The number of methoxy groups -OCH3 is 1. The molecule has 1 aromatic carbocycles. The molecule has 0 aromatic heterocycles. The Bertz CT molecular complexity index is 410. The minimum atomic E-state index is -0.0115. The molecule has 5 heteroatoms. The molecule has 18 heavy (non-hydrogen) atoms. The van der Waals surface area contributed by atoms with Crippen molar-refractivity contribution >= 4 is 24.0 Å². The molecule has 1 aliphatic rings. The van der Waals surface area contributed by atoms with Gasteiger partial charge in [0.2, 0.25) is 0 Å². The number of benzene rings is 1. The van der Waals surface area contributed by atoms with Crippen LogP contribution in [0.3, 0.4) is 0 Å². The lowest BCUT2D eigenvalue weighted by Crippen LogP contribution is -2.28. The molecule has 2 N–H and O–H groups in total. The van der Waals surface area contributed by atoms with E-state index >= 15 is 0 Å². The SMILES string of the molecule is COCCNC(=O)c1cccc2c1CCCN2.Cl. The second kappa shape index (κ2) is 7.24. The predicted molar refractivity (Wildman–Crippen MR) is 74.7 cm³/mol. The van der Waals surface area contributed by atoms with Crippen LogP contribution in [0.4, 0.5) is 5.69 Å². The van der Waals surface area contributed by atoms with Crippen molar-refractivity contribution in [1.82, 2.24) is 5.32 Å². The number of rotatable bonds is 4. The molecule has 0 saturated carbocycles. The first-order valence-corrected chi connectivity index (χ1v) is 5.96. The lowest BCUT2D eigenvalue weighted by atomic mass is 9.97. The van der Waals surface area contributed by atoms with Crippen molar-refractivity contribution in [2.75, 3.05) is 32.1 Å². The van der Waals surface area contributed by atoms with E-state index < -0.39 is 0 Å². The Labute approximate surface area is 114 Å². The van der Waals surface area contributed by atoms with Gasteiger partial charge in [0, 0.05) is 31.5 Å². The van der Waals surface area contributed by atoms with Crippen LogP contribution in [0.25, 0.3) is 0 Å². The Kier molecular flexibility index (Phi) is 5.95. The van der Waals surface area contributed by atoms with Gasteiger partial charge in [0.25, 0.3) is 5.91 Å². The molecule has 0 aliphatic carbocycles. The third-order valence-electron chi connectivity index (χ3n) is 2.93. The Balaban J connectivity index is 0.00000162. The van der Waals surface area contributed by atoms with Gasteiger partial charge in [0.05, 0.1) is 6.61 Å². The summed E-state index contributed by atoms with van der Waals surface area (Å²) in [6.07, 6.45) is 2.05. The number of nitrogens with one attached hydrogen (secondary N) is 2. The molecule has 1 aliphatic heterocycles. The van der Waals surface area contributed by atoms with Gasteiger partial charge in [-0.15, -0.1) is 12.4 Å². The summed E-state index contributed by atoms with van der Waals surface area (Å²) < 4.78 is 4.91. The topological polar surface area (TPSA) is 50.4 Å². The highest BCUT2D eigenvalue weighted by molar-refractivity contribution is 5.97. The van der Waals surface area contributed by atoms with Crippen molar-refractivity contribution in [3.05, 3.63) is 29.3 Å². The third kappa shape index (κ3) is 3.37. The average molecular weight is 271 g/mol. The fourth-order valence-electron chi connectivity index (χ4n) is 2.08. The molecular weight excluding hydrogens is 252 g/mol. The van der Waals surface area contributed by atoms with Crippen LogP contribution in [0.1, 0.15) is 22.3 Å². The van der Waals surface area contributed by atoms with Crippen molar-refractivity contribution in [3.63, 3.8) is 0 Å². The van der Waals surface area contributed by atoms with E-state index in [1.54, 1.807) is 7.11 Å². The summed E-state index contributed by atoms with van der Waals surface area (Å²) in [5, 5.41) is 6.18. The molecule has 0 saturated heterocycles. The van der Waals surface area contributed by atoms with Gasteiger partial charge in [0.1, 0.15) is 0 Å². The van der Waals surface area contributed by atoms with Gasteiger partial charge < -0.3 is 15.4 Å². The fraction of sp³-hybridized carbons (Fsp3) is 0.462. The number of anilines is 1. The fourth-order valence-corrected chi connectivity index (χ4v) is 2.08. The molecule has 0 unspecified atom stereocenters. The molecule has 1 aromatic rings. The number of carbonyl (C=O) groups is 1. The molecule has 1 amide bonds. The lowest BCUT2D eigenvalue weighted by Gasteiger charge is -2.20. The summed E-state index contributed by atoms with van der Waals surface area (Å²) >= 11 is 0. The second-order valence-electron chi connectivity index (χ2n) is 4.11. The molecule has 0 radical (unpaired) electrons. The van der Waals surface area contributed by atoms with E-state index in [9.17, 15) is 4.79 Å². The van der Waals surface area contributed by atoms with Gasteiger partial charge in [-0.25, -0.2) is 0 Å². The number of hydrogen-bond donors (Lipinski definition) is 2. The van der Waals surface area contributed by atoms with E-state index in [4.69, 9.17) is 4.74 Å². The van der Waals surface area contributed by atoms with E-state index in [0.29, 0.717) is 13.2 Å². The van der Waals surface area contributed by atoms with Crippen molar-refractivity contribution in [2.24, 2.45) is 0 Å². The Hall–Kier alpha value is -1.26. The van der Waals surface area contributed by atoms with Gasteiger partial charge in [-0.05, 0) is 30.5 Å². The van der Waals surface area contributed by atoms with Gasteiger partial charge in [-0.2, -0.15) is 0 Å². The molecule has 4 nitrogen and oxygen atoms in total. The van der Waals surface area contributed by atoms with Crippen LogP contribution >= 0.6 is 12.4 Å². The van der Waals surface area contributed by atoms with E-state index in [-0.39, 0.29) is 18.3 Å². The largest absolute Gasteiger partial charge is 0.385 e. The maximum absolute atomic E-state index is 12.0. The third-order valence-corrected chi connectivity index (χ3v) is 2.93. The first kappa shape index (κ1) is 14.8. The molecular formula is C13H19ClN2O2. The highest BCUT2D eigenvalue weighted by Crippen LogP contribution is 2.25. The minimum absolute atomic E-state index is 0. The van der Waals surface area contributed by atoms with Crippen molar-refractivity contribution < 1.29 is 9.53 Å². The minimum Gasteiger partial charge on any atom is -0.385 e. The standard InChI is InChI=1S/C13H18N2O2.ClH/c1-17-9-8-15-13(16)11-4-2-6-12-10(11)5-3-7-14-12;/h2,4,6,14H,3,5,7-9H2,1H3,(H,15,16);1H. The number of fused-ring (bicyclic) bond motifs is 1. The van der Waals surface area contributed by atoms with Crippen molar-refractivity contribution in [1.29, 1.82) is 0 Å². The van der Waals surface area contributed by atoms with Gasteiger partial charge >= 0.3 is 0 Å². The van der Waals surface area contributed by atoms with Gasteiger partial charge in [0.15, 0.2) is 0 Å². The van der Waals surface area contributed by atoms with Crippen LogP contribution < -0.4 is 10.6 Å². The average Bonchev–Trinajstić information content (AvgIpc) is 2.38. The maximum Gasteiger partial charge on any atom is 0.251 e. The summed E-state index contributed by atoms with van der Waals surface area (Å²) in [5.74, 6) is -0.0115. The number of amides is 1. The van der Waals surface area contributed by atoms with Crippen molar-refractivity contribution in [2.45, 2.75) is 12.8 Å². The predicted octanol–water partition coefficient (Wildman–Crippen LogP) is 1.84. The normalized spacial score (nSPS) is 12.9. The van der Waals surface area contributed by atoms with Gasteiger partial charge in [-0.3, -0.25) is 4.79 Å². The Morgan fingerprint density at radius 3 is 3.11 bits per heavy atom. The lowest BCUT2D eigenvalue weighted by molar-refractivity contribution is 0.0936. The summed E-state index contributed by atoms with van der Waals surface area (Å²) in [5.41, 5.74) is 3.01. The van der Waals surface area contributed by atoms with E-state index in [1.165, 1.54) is 0 Å². The molecule has 1 heterocycles. The summed E-state index contributed by atoms with van der Waals surface area (Å²) in [4.78, 5) is 12.0. The quantitative estimate of drug-likeness (QED) is 0.821. The highest BCUT2D eigenvalue weighted by Gasteiger charge is 2.16. The molecule has 0 fully saturated rings. The van der Waals surface area contributed by atoms with Crippen LogP contribution in [-0.2, 0) is 11.2 Å². The molecule has 0 bridgehead atoms. The van der Waals surface area contributed by atoms with E-state index in [1.807, 2.05) is 18.2 Å². The molecule has 100 valence electrons. The zero-order valence-electron chi connectivity index (χ0n) is 10.5. The smallest absolute Gasteiger partial charge is 0.251 e. The maximum atomic E-state index is 12.0.